The Labute approximate surface area is 199 Å². The molecule has 0 saturated heterocycles. The average Bonchev–Trinajstić information content (AvgIpc) is 2.87. The maximum atomic E-state index is 13.9. The zero-order valence-corrected chi connectivity index (χ0v) is 20.2. The van der Waals surface area contributed by atoms with Crippen molar-refractivity contribution < 1.29 is 4.79 Å². The van der Waals surface area contributed by atoms with E-state index in [9.17, 15) is 10.1 Å². The smallest absolute Gasteiger partial charge is 0.243 e. The molecule has 33 heavy (non-hydrogen) atoms. The molecule has 0 bridgehead atoms. The summed E-state index contributed by atoms with van der Waals surface area (Å²) in [7, 11) is 0. The summed E-state index contributed by atoms with van der Waals surface area (Å²) < 4.78 is 0. The van der Waals surface area contributed by atoms with Crippen molar-refractivity contribution in [2.45, 2.75) is 102 Å². The van der Waals surface area contributed by atoms with Crippen LogP contribution >= 0.6 is 0 Å². The van der Waals surface area contributed by atoms with E-state index in [1.165, 1.54) is 51.4 Å². The van der Waals surface area contributed by atoms with Crippen molar-refractivity contribution in [3.8, 4) is 6.07 Å². The number of benzene rings is 2. The minimum Gasteiger partial charge on any atom is -0.373 e. The zero-order valence-electron chi connectivity index (χ0n) is 20.2. The molecule has 4 heteroatoms. The van der Waals surface area contributed by atoms with Crippen LogP contribution < -0.4 is 10.6 Å². The van der Waals surface area contributed by atoms with Crippen molar-refractivity contribution >= 4 is 22.4 Å². The molecular formula is C29H39N3O. The molecule has 2 saturated carbocycles. The number of carbonyl (C=O) groups excluding carboxylic acids is 1. The second kappa shape index (κ2) is 11.1. The van der Waals surface area contributed by atoms with Gasteiger partial charge in [-0.25, -0.2) is 0 Å². The second-order valence-electron chi connectivity index (χ2n) is 10.3. The van der Waals surface area contributed by atoms with E-state index < -0.39 is 0 Å². The van der Waals surface area contributed by atoms with Gasteiger partial charge in [-0.1, -0.05) is 82.6 Å². The fourth-order valence-corrected chi connectivity index (χ4v) is 6.08. The molecule has 0 unspecified atom stereocenters. The van der Waals surface area contributed by atoms with Crippen LogP contribution in [0.15, 0.2) is 36.4 Å². The normalized spacial score (nSPS) is 19.5. The van der Waals surface area contributed by atoms with Crippen molar-refractivity contribution in [1.29, 1.82) is 5.26 Å². The first-order valence-corrected chi connectivity index (χ1v) is 13.2. The molecule has 0 radical (unpaired) electrons. The summed E-state index contributed by atoms with van der Waals surface area (Å²) in [5, 5.41) is 18.8. The first-order chi connectivity index (χ1) is 16.2. The lowest BCUT2D eigenvalue weighted by Crippen LogP contribution is -2.56. The Bertz CT molecular complexity index is 980. The van der Waals surface area contributed by atoms with E-state index in [1.54, 1.807) is 0 Å². The van der Waals surface area contributed by atoms with Gasteiger partial charge in [0.05, 0.1) is 11.6 Å². The van der Waals surface area contributed by atoms with Crippen molar-refractivity contribution in [1.82, 2.24) is 5.32 Å². The third-order valence-corrected chi connectivity index (χ3v) is 7.97. The van der Waals surface area contributed by atoms with Crippen LogP contribution in [0, 0.1) is 17.2 Å². The molecule has 1 amide bonds. The first-order valence-electron chi connectivity index (χ1n) is 13.2. The lowest BCUT2D eigenvalue weighted by molar-refractivity contribution is -0.125. The van der Waals surface area contributed by atoms with Gasteiger partial charge in [-0.05, 0) is 50.2 Å². The Kier molecular flexibility index (Phi) is 7.91. The number of anilines is 1. The second-order valence-corrected chi connectivity index (χ2v) is 10.3. The van der Waals surface area contributed by atoms with Gasteiger partial charge < -0.3 is 10.6 Å². The fourth-order valence-electron chi connectivity index (χ4n) is 6.08. The van der Waals surface area contributed by atoms with Crippen LogP contribution in [0.2, 0.25) is 0 Å². The van der Waals surface area contributed by atoms with Gasteiger partial charge in [0.1, 0.15) is 6.04 Å². The molecule has 2 N–H and O–H groups in total. The highest BCUT2D eigenvalue weighted by atomic mass is 16.2. The van der Waals surface area contributed by atoms with E-state index in [-0.39, 0.29) is 17.5 Å². The summed E-state index contributed by atoms with van der Waals surface area (Å²) in [6.07, 6.45) is 15.2. The number of nitriles is 1. The van der Waals surface area contributed by atoms with Gasteiger partial charge >= 0.3 is 0 Å². The number of hydrogen-bond acceptors (Lipinski definition) is 3. The summed E-state index contributed by atoms with van der Waals surface area (Å²) in [4.78, 5) is 13.9. The highest BCUT2D eigenvalue weighted by molar-refractivity contribution is 5.99. The highest BCUT2D eigenvalue weighted by Gasteiger charge is 2.37. The predicted molar refractivity (Wildman–Crippen MR) is 136 cm³/mol. The molecule has 2 aliphatic carbocycles. The number of hydrogen-bond donors (Lipinski definition) is 2. The number of carbonyl (C=O) groups is 1. The summed E-state index contributed by atoms with van der Waals surface area (Å²) >= 11 is 0. The maximum absolute atomic E-state index is 13.9. The molecule has 176 valence electrons. The van der Waals surface area contributed by atoms with E-state index in [2.05, 4.69) is 29.7 Å². The summed E-state index contributed by atoms with van der Waals surface area (Å²) in [5.41, 5.74) is 1.60. The molecule has 4 rings (SSSR count). The molecule has 4 nitrogen and oxygen atoms in total. The minimum atomic E-state index is -0.234. The van der Waals surface area contributed by atoms with Crippen molar-refractivity contribution in [2.24, 2.45) is 5.92 Å². The monoisotopic (exact) mass is 445 g/mol. The fraction of sp³-hybridized carbons (Fsp3) is 0.586. The molecule has 0 spiro atoms. The Morgan fingerprint density at radius 2 is 1.73 bits per heavy atom. The van der Waals surface area contributed by atoms with Crippen LogP contribution in [-0.4, -0.2) is 17.5 Å². The van der Waals surface area contributed by atoms with E-state index in [0.717, 1.165) is 48.6 Å². The van der Waals surface area contributed by atoms with Crippen molar-refractivity contribution in [2.75, 3.05) is 5.32 Å². The first kappa shape index (κ1) is 23.6. The summed E-state index contributed by atoms with van der Waals surface area (Å²) in [6, 6.07) is 14.0. The van der Waals surface area contributed by atoms with Gasteiger partial charge in [-0.15, -0.1) is 0 Å². The van der Waals surface area contributed by atoms with Gasteiger partial charge in [0.15, 0.2) is 0 Å². The number of nitrogens with one attached hydrogen (secondary N) is 2. The van der Waals surface area contributed by atoms with Crippen LogP contribution in [0.3, 0.4) is 0 Å². The van der Waals surface area contributed by atoms with Crippen LogP contribution in [0.1, 0.15) is 96.0 Å². The average molecular weight is 446 g/mol. The van der Waals surface area contributed by atoms with Gasteiger partial charge in [-0.3, -0.25) is 4.79 Å². The number of rotatable bonds is 8. The summed E-state index contributed by atoms with van der Waals surface area (Å²) in [5.74, 6) is 0.522. The lowest BCUT2D eigenvalue weighted by atomic mass is 9.77. The third-order valence-electron chi connectivity index (χ3n) is 7.97. The lowest BCUT2D eigenvalue weighted by Gasteiger charge is -2.41. The Balaban J connectivity index is 1.62. The number of unbranched alkanes of at least 4 members (excludes halogenated alkanes) is 1. The van der Waals surface area contributed by atoms with Gasteiger partial charge in [0.2, 0.25) is 5.91 Å². The Morgan fingerprint density at radius 1 is 1.03 bits per heavy atom. The van der Waals surface area contributed by atoms with E-state index in [1.807, 2.05) is 30.3 Å². The van der Waals surface area contributed by atoms with Crippen LogP contribution in [0.5, 0.6) is 0 Å². The maximum Gasteiger partial charge on any atom is 0.243 e. The molecule has 2 aromatic carbocycles. The molecule has 0 heterocycles. The Morgan fingerprint density at radius 3 is 2.42 bits per heavy atom. The molecule has 2 aromatic rings. The van der Waals surface area contributed by atoms with E-state index >= 15 is 0 Å². The summed E-state index contributed by atoms with van der Waals surface area (Å²) in [6.45, 7) is 2.24. The number of nitrogens with zero attached hydrogens (tertiary/aromatic N) is 1. The van der Waals surface area contributed by atoms with Crippen LogP contribution in [-0.2, 0) is 4.79 Å². The van der Waals surface area contributed by atoms with Crippen molar-refractivity contribution in [3.63, 3.8) is 0 Å². The van der Waals surface area contributed by atoms with Crippen LogP contribution in [0.4, 0.5) is 5.69 Å². The molecule has 0 aromatic heterocycles. The largest absolute Gasteiger partial charge is 0.373 e. The number of amides is 1. The minimum absolute atomic E-state index is 0.0350. The predicted octanol–water partition coefficient (Wildman–Crippen LogP) is 7.08. The zero-order chi connectivity index (χ0) is 23.1. The standard InChI is InChI=1S/C29H39N3O/c1-2-3-18-29(19-10-5-11-20-29)32-28(33)27(22-12-6-4-7-13-22)31-26-17-16-23(21-30)24-14-8-9-15-25(24)26/h8-9,14-17,22,27,31H,2-7,10-13,18-20H2,1H3,(H,32,33)/t27-/m0/s1. The third kappa shape index (κ3) is 5.52. The van der Waals surface area contributed by atoms with E-state index in [4.69, 9.17) is 0 Å². The van der Waals surface area contributed by atoms with E-state index in [0.29, 0.717) is 11.5 Å². The number of fused-ring (bicyclic) bond motifs is 1. The quantitative estimate of drug-likeness (QED) is 0.456. The molecular weight excluding hydrogens is 406 g/mol. The van der Waals surface area contributed by atoms with Crippen LogP contribution in [0.25, 0.3) is 10.8 Å². The van der Waals surface area contributed by atoms with Gasteiger partial charge in [-0.2, -0.15) is 5.26 Å². The highest BCUT2D eigenvalue weighted by Crippen LogP contribution is 2.35. The molecule has 2 fully saturated rings. The Hall–Kier alpha value is -2.54. The van der Waals surface area contributed by atoms with Gasteiger partial charge in [0.25, 0.3) is 0 Å². The van der Waals surface area contributed by atoms with Gasteiger partial charge in [0, 0.05) is 22.0 Å². The SMILES string of the molecule is CCCCC1(NC(=O)[C@@H](Nc2ccc(C#N)c3ccccc23)C2CCCCC2)CCCCC1. The van der Waals surface area contributed by atoms with Crippen molar-refractivity contribution in [3.05, 3.63) is 42.0 Å². The topological polar surface area (TPSA) is 64.9 Å². The molecule has 1 atom stereocenters. The molecule has 2 aliphatic rings. The molecule has 0 aliphatic heterocycles.